The van der Waals surface area contributed by atoms with E-state index in [-0.39, 0.29) is 0 Å². The van der Waals surface area contributed by atoms with Crippen LogP contribution in [-0.2, 0) is 0 Å². The van der Waals surface area contributed by atoms with Crippen molar-refractivity contribution in [3.05, 3.63) is 58.3 Å². The average molecular weight is 288 g/mol. The summed E-state index contributed by atoms with van der Waals surface area (Å²) in [5.74, 6) is 0. The zero-order valence-electron chi connectivity index (χ0n) is 9.64. The van der Waals surface area contributed by atoms with Gasteiger partial charge in [0.15, 0.2) is 11.3 Å². The van der Waals surface area contributed by atoms with Crippen molar-refractivity contribution in [3.63, 3.8) is 0 Å². The average Bonchev–Trinajstić information content (AvgIpc) is 2.78. The van der Waals surface area contributed by atoms with Crippen LogP contribution < -0.4 is 0 Å². The van der Waals surface area contributed by atoms with Crippen LogP contribution in [0.5, 0.6) is 0 Å². The lowest BCUT2D eigenvalue weighted by Crippen LogP contribution is -1.89. The lowest BCUT2D eigenvalue weighted by atomic mass is 10.1. The molecule has 0 aliphatic carbocycles. The second kappa shape index (κ2) is 4.58. The first-order valence-electron chi connectivity index (χ1n) is 5.53. The van der Waals surface area contributed by atoms with Crippen LogP contribution in [0, 0.1) is 11.3 Å². The normalized spacial score (nSPS) is 10.6. The number of hydrogen-bond donors (Lipinski definition) is 0. The van der Waals surface area contributed by atoms with Crippen molar-refractivity contribution < 1.29 is 0 Å². The van der Waals surface area contributed by atoms with Crippen molar-refractivity contribution in [1.82, 2.24) is 9.38 Å². The van der Waals surface area contributed by atoms with Crippen molar-refractivity contribution in [1.29, 1.82) is 5.26 Å². The fourth-order valence-corrected chi connectivity index (χ4v) is 2.49. The standard InChI is InChI=1S/C14H7Cl2N3/c15-10-6-11(16)14-18-13(9-4-2-1-3-5-9)12(7-17)19(14)8-10/h1-6,8H. The molecule has 0 amide bonds. The maximum absolute atomic E-state index is 9.35. The van der Waals surface area contributed by atoms with Gasteiger partial charge in [0.25, 0.3) is 0 Å². The molecule has 0 fully saturated rings. The quantitative estimate of drug-likeness (QED) is 0.674. The van der Waals surface area contributed by atoms with Crippen LogP contribution in [0.4, 0.5) is 0 Å². The lowest BCUT2D eigenvalue weighted by Gasteiger charge is -1.98. The van der Waals surface area contributed by atoms with E-state index in [1.807, 2.05) is 30.3 Å². The van der Waals surface area contributed by atoms with E-state index in [2.05, 4.69) is 11.1 Å². The van der Waals surface area contributed by atoms with Crippen molar-refractivity contribution in [2.45, 2.75) is 0 Å². The summed E-state index contributed by atoms with van der Waals surface area (Å²) in [6, 6.07) is 13.3. The Morgan fingerprint density at radius 3 is 2.58 bits per heavy atom. The van der Waals surface area contributed by atoms with Gasteiger partial charge in [-0.1, -0.05) is 53.5 Å². The minimum Gasteiger partial charge on any atom is -0.288 e. The summed E-state index contributed by atoms with van der Waals surface area (Å²) in [6.45, 7) is 0. The topological polar surface area (TPSA) is 41.1 Å². The first-order chi connectivity index (χ1) is 9.20. The Balaban J connectivity index is 2.39. The van der Waals surface area contributed by atoms with Gasteiger partial charge in [-0.05, 0) is 6.07 Å². The number of halogens is 2. The second-order valence-electron chi connectivity index (χ2n) is 3.99. The Labute approximate surface area is 119 Å². The van der Waals surface area contributed by atoms with Gasteiger partial charge < -0.3 is 0 Å². The van der Waals surface area contributed by atoms with Gasteiger partial charge in [-0.2, -0.15) is 5.26 Å². The molecule has 3 rings (SSSR count). The molecule has 0 saturated carbocycles. The number of hydrogen-bond acceptors (Lipinski definition) is 2. The molecule has 0 radical (unpaired) electrons. The molecule has 19 heavy (non-hydrogen) atoms. The number of imidazole rings is 1. The van der Waals surface area contributed by atoms with Gasteiger partial charge in [-0.25, -0.2) is 4.98 Å². The van der Waals surface area contributed by atoms with E-state index in [1.165, 1.54) is 0 Å². The zero-order chi connectivity index (χ0) is 13.4. The Morgan fingerprint density at radius 2 is 1.89 bits per heavy atom. The van der Waals surface area contributed by atoms with Crippen LogP contribution >= 0.6 is 23.2 Å². The Kier molecular flexibility index (Phi) is 2.90. The van der Waals surface area contributed by atoms with Crippen LogP contribution in [0.25, 0.3) is 16.9 Å². The minimum absolute atomic E-state index is 0.422. The van der Waals surface area contributed by atoms with Crippen LogP contribution in [0.2, 0.25) is 10.0 Å². The first kappa shape index (κ1) is 12.0. The van der Waals surface area contributed by atoms with E-state index in [9.17, 15) is 5.26 Å². The smallest absolute Gasteiger partial charge is 0.157 e. The Hall–Kier alpha value is -2.02. The summed E-state index contributed by atoms with van der Waals surface area (Å²) in [6.07, 6.45) is 1.64. The number of aromatic nitrogens is 2. The summed E-state index contributed by atoms with van der Waals surface area (Å²) in [7, 11) is 0. The van der Waals surface area contributed by atoms with Gasteiger partial charge in [-0.15, -0.1) is 0 Å². The summed E-state index contributed by atoms with van der Waals surface area (Å²) in [4.78, 5) is 4.44. The maximum atomic E-state index is 9.35. The number of fused-ring (bicyclic) bond motifs is 1. The zero-order valence-corrected chi connectivity index (χ0v) is 11.2. The molecule has 0 spiro atoms. The van der Waals surface area contributed by atoms with E-state index in [1.54, 1.807) is 16.7 Å². The molecular formula is C14H7Cl2N3. The van der Waals surface area contributed by atoms with Gasteiger partial charge >= 0.3 is 0 Å². The van der Waals surface area contributed by atoms with Crippen LogP contribution in [-0.4, -0.2) is 9.38 Å². The fourth-order valence-electron chi connectivity index (χ4n) is 1.98. The second-order valence-corrected chi connectivity index (χ2v) is 4.83. The molecule has 2 heterocycles. The molecule has 0 atom stereocenters. The van der Waals surface area contributed by atoms with E-state index < -0.39 is 0 Å². The molecule has 3 aromatic rings. The third-order valence-electron chi connectivity index (χ3n) is 2.79. The van der Waals surface area contributed by atoms with E-state index in [4.69, 9.17) is 23.2 Å². The van der Waals surface area contributed by atoms with Crippen molar-refractivity contribution >= 4 is 28.8 Å². The van der Waals surface area contributed by atoms with Crippen molar-refractivity contribution in [2.75, 3.05) is 0 Å². The SMILES string of the molecule is N#Cc1c(-c2ccccc2)nc2c(Cl)cc(Cl)cn12. The first-order valence-corrected chi connectivity index (χ1v) is 6.29. The van der Waals surface area contributed by atoms with Crippen LogP contribution in [0.15, 0.2) is 42.6 Å². The number of benzene rings is 1. The highest BCUT2D eigenvalue weighted by Crippen LogP contribution is 2.29. The van der Waals surface area contributed by atoms with Crippen LogP contribution in [0.1, 0.15) is 5.69 Å². The Morgan fingerprint density at radius 1 is 1.16 bits per heavy atom. The van der Waals surface area contributed by atoms with Crippen molar-refractivity contribution in [2.24, 2.45) is 0 Å². The van der Waals surface area contributed by atoms with Gasteiger partial charge in [-0.3, -0.25) is 4.40 Å². The van der Waals surface area contributed by atoms with E-state index in [0.717, 1.165) is 5.56 Å². The van der Waals surface area contributed by atoms with Gasteiger partial charge in [0, 0.05) is 11.8 Å². The molecule has 0 aliphatic heterocycles. The molecule has 2 aromatic heterocycles. The van der Waals surface area contributed by atoms with E-state index in [0.29, 0.717) is 27.1 Å². The molecular weight excluding hydrogens is 281 g/mol. The molecule has 0 N–H and O–H groups in total. The molecule has 0 saturated heterocycles. The molecule has 0 bridgehead atoms. The van der Waals surface area contributed by atoms with Gasteiger partial charge in [0.2, 0.25) is 0 Å². The number of nitrogens with zero attached hydrogens (tertiary/aromatic N) is 3. The molecule has 0 aliphatic rings. The van der Waals surface area contributed by atoms with E-state index >= 15 is 0 Å². The predicted molar refractivity (Wildman–Crippen MR) is 75.4 cm³/mol. The van der Waals surface area contributed by atoms with Crippen molar-refractivity contribution in [3.8, 4) is 17.3 Å². The van der Waals surface area contributed by atoms with Crippen LogP contribution in [0.3, 0.4) is 0 Å². The highest BCUT2D eigenvalue weighted by molar-refractivity contribution is 6.36. The van der Waals surface area contributed by atoms with Gasteiger partial charge in [0.05, 0.1) is 10.0 Å². The summed E-state index contributed by atoms with van der Waals surface area (Å²) < 4.78 is 1.62. The molecule has 3 nitrogen and oxygen atoms in total. The third kappa shape index (κ3) is 1.95. The maximum Gasteiger partial charge on any atom is 0.157 e. The molecule has 0 unspecified atom stereocenters. The molecule has 92 valence electrons. The molecule has 1 aromatic carbocycles. The highest BCUT2D eigenvalue weighted by Gasteiger charge is 2.15. The van der Waals surface area contributed by atoms with Gasteiger partial charge in [0.1, 0.15) is 11.8 Å². The highest BCUT2D eigenvalue weighted by atomic mass is 35.5. The number of nitriles is 1. The minimum atomic E-state index is 0.422. The number of rotatable bonds is 1. The molecule has 5 heteroatoms. The monoisotopic (exact) mass is 287 g/mol. The lowest BCUT2D eigenvalue weighted by molar-refractivity contribution is 1.15. The predicted octanol–water partition coefficient (Wildman–Crippen LogP) is 4.18. The fraction of sp³-hybridized carbons (Fsp3) is 0. The number of pyridine rings is 1. The Bertz CT molecular complexity index is 801. The third-order valence-corrected chi connectivity index (χ3v) is 3.28. The summed E-state index contributed by atoms with van der Waals surface area (Å²) in [5, 5.41) is 10.2. The summed E-state index contributed by atoms with van der Waals surface area (Å²) >= 11 is 12.1. The summed E-state index contributed by atoms with van der Waals surface area (Å²) in [5.41, 5.74) is 2.43. The largest absolute Gasteiger partial charge is 0.288 e.